The van der Waals surface area contributed by atoms with E-state index in [1.807, 2.05) is 6.07 Å². The fourth-order valence-electron chi connectivity index (χ4n) is 2.92. The van der Waals surface area contributed by atoms with E-state index in [1.165, 1.54) is 0 Å². The average molecular weight is 291 g/mol. The third kappa shape index (κ3) is 2.89. The summed E-state index contributed by atoms with van der Waals surface area (Å²) in [6.45, 7) is 0.0124. The van der Waals surface area contributed by atoms with Gasteiger partial charge in [0.05, 0.1) is 5.41 Å². The van der Waals surface area contributed by atoms with Crippen molar-refractivity contribution in [1.82, 2.24) is 4.90 Å². The van der Waals surface area contributed by atoms with E-state index in [0.717, 1.165) is 10.5 Å². The first-order chi connectivity index (χ1) is 9.99. The Morgan fingerprint density at radius 3 is 2.48 bits per heavy atom. The van der Waals surface area contributed by atoms with Gasteiger partial charge in [0.1, 0.15) is 6.29 Å². The Kier molecular flexibility index (Phi) is 4.26. The first-order valence-corrected chi connectivity index (χ1v) is 6.70. The molecule has 6 heteroatoms. The SMILES string of the molecule is O=CC1CCN(C(=O)O)CC1(Cc1ccccc1)C(=O)O. The van der Waals surface area contributed by atoms with Crippen LogP contribution in [0.15, 0.2) is 30.3 Å². The first kappa shape index (κ1) is 15.0. The van der Waals surface area contributed by atoms with Crippen LogP contribution in [-0.4, -0.2) is 46.6 Å². The number of carbonyl (C=O) groups excluding carboxylic acids is 1. The Labute approximate surface area is 122 Å². The van der Waals surface area contributed by atoms with Crippen molar-refractivity contribution in [3.05, 3.63) is 35.9 Å². The molecule has 21 heavy (non-hydrogen) atoms. The highest BCUT2D eigenvalue weighted by Crippen LogP contribution is 2.38. The summed E-state index contributed by atoms with van der Waals surface area (Å²) in [4.78, 5) is 35.4. The Hall–Kier alpha value is -2.37. The number of carboxylic acids is 1. The Balaban J connectivity index is 2.38. The number of nitrogens with zero attached hydrogens (tertiary/aromatic N) is 1. The number of likely N-dealkylation sites (tertiary alicyclic amines) is 1. The lowest BCUT2D eigenvalue weighted by Gasteiger charge is -2.42. The molecule has 1 heterocycles. The lowest BCUT2D eigenvalue weighted by Crippen LogP contribution is -2.56. The molecule has 112 valence electrons. The Morgan fingerprint density at radius 2 is 1.95 bits per heavy atom. The minimum Gasteiger partial charge on any atom is -0.481 e. The maximum Gasteiger partial charge on any atom is 0.407 e. The predicted molar refractivity (Wildman–Crippen MR) is 74.0 cm³/mol. The van der Waals surface area contributed by atoms with Crippen LogP contribution >= 0.6 is 0 Å². The van der Waals surface area contributed by atoms with E-state index in [1.54, 1.807) is 24.3 Å². The van der Waals surface area contributed by atoms with Crippen molar-refractivity contribution in [2.24, 2.45) is 11.3 Å². The second kappa shape index (κ2) is 5.95. The number of carboxylic acid groups (broad SMARTS) is 2. The van der Waals surface area contributed by atoms with Gasteiger partial charge in [-0.3, -0.25) is 4.79 Å². The number of aldehydes is 1. The van der Waals surface area contributed by atoms with Gasteiger partial charge in [-0.2, -0.15) is 0 Å². The maximum atomic E-state index is 11.8. The lowest BCUT2D eigenvalue weighted by atomic mass is 9.68. The fourth-order valence-corrected chi connectivity index (χ4v) is 2.92. The van der Waals surface area contributed by atoms with Gasteiger partial charge in [0.2, 0.25) is 0 Å². The van der Waals surface area contributed by atoms with Crippen LogP contribution in [0.3, 0.4) is 0 Å². The zero-order valence-electron chi connectivity index (χ0n) is 11.4. The van der Waals surface area contributed by atoms with Gasteiger partial charge >= 0.3 is 12.1 Å². The van der Waals surface area contributed by atoms with E-state index < -0.39 is 23.4 Å². The molecule has 0 radical (unpaired) electrons. The van der Waals surface area contributed by atoms with Crippen LogP contribution in [0, 0.1) is 11.3 Å². The second-order valence-corrected chi connectivity index (χ2v) is 5.36. The van der Waals surface area contributed by atoms with Gasteiger partial charge in [-0.05, 0) is 18.4 Å². The number of aliphatic carboxylic acids is 1. The Morgan fingerprint density at radius 1 is 1.29 bits per heavy atom. The summed E-state index contributed by atoms with van der Waals surface area (Å²) < 4.78 is 0. The van der Waals surface area contributed by atoms with Crippen molar-refractivity contribution in [3.8, 4) is 0 Å². The van der Waals surface area contributed by atoms with Gasteiger partial charge in [0, 0.05) is 19.0 Å². The van der Waals surface area contributed by atoms with E-state index >= 15 is 0 Å². The molecule has 0 aliphatic carbocycles. The number of rotatable bonds is 4. The number of benzene rings is 1. The molecule has 0 bridgehead atoms. The monoisotopic (exact) mass is 291 g/mol. The van der Waals surface area contributed by atoms with Gasteiger partial charge < -0.3 is 19.9 Å². The summed E-state index contributed by atoms with van der Waals surface area (Å²) in [6.07, 6.45) is -0.139. The standard InChI is InChI=1S/C15H17NO5/c17-9-12-6-7-16(14(20)21)10-15(12,13(18)19)8-11-4-2-1-3-5-11/h1-5,9,12H,6-8,10H2,(H,18,19)(H,20,21). The van der Waals surface area contributed by atoms with Crippen LogP contribution in [0.5, 0.6) is 0 Å². The molecule has 0 spiro atoms. The van der Waals surface area contributed by atoms with Gasteiger partial charge in [0.25, 0.3) is 0 Å². The van der Waals surface area contributed by atoms with Crippen molar-refractivity contribution in [3.63, 3.8) is 0 Å². The average Bonchev–Trinajstić information content (AvgIpc) is 2.47. The molecule has 1 amide bonds. The smallest absolute Gasteiger partial charge is 0.407 e. The number of carbonyl (C=O) groups is 3. The van der Waals surface area contributed by atoms with Crippen molar-refractivity contribution in [2.75, 3.05) is 13.1 Å². The molecule has 0 aromatic heterocycles. The third-order valence-electron chi connectivity index (χ3n) is 4.12. The van der Waals surface area contributed by atoms with Gasteiger partial charge in [0.15, 0.2) is 0 Å². The number of amides is 1. The molecular weight excluding hydrogens is 274 g/mol. The van der Waals surface area contributed by atoms with Crippen molar-refractivity contribution in [1.29, 1.82) is 0 Å². The van der Waals surface area contributed by atoms with Crippen LogP contribution in [0.4, 0.5) is 4.79 Å². The van der Waals surface area contributed by atoms with Crippen LogP contribution in [0.25, 0.3) is 0 Å². The summed E-state index contributed by atoms with van der Waals surface area (Å²) in [5.41, 5.74) is -0.626. The summed E-state index contributed by atoms with van der Waals surface area (Å²) in [5.74, 6) is -1.82. The molecule has 2 N–H and O–H groups in total. The van der Waals surface area contributed by atoms with Crippen LogP contribution in [0.1, 0.15) is 12.0 Å². The normalized spacial score (nSPS) is 25.3. The molecule has 1 aliphatic rings. The van der Waals surface area contributed by atoms with Crippen LogP contribution in [0.2, 0.25) is 0 Å². The third-order valence-corrected chi connectivity index (χ3v) is 4.12. The molecule has 2 atom stereocenters. The molecule has 1 saturated heterocycles. The van der Waals surface area contributed by atoms with Crippen molar-refractivity contribution < 1.29 is 24.6 Å². The van der Waals surface area contributed by atoms with Crippen LogP contribution < -0.4 is 0 Å². The molecule has 1 fully saturated rings. The van der Waals surface area contributed by atoms with E-state index in [0.29, 0.717) is 6.29 Å². The summed E-state index contributed by atoms with van der Waals surface area (Å²) in [5, 5.41) is 18.8. The minimum absolute atomic E-state index is 0.135. The number of hydrogen-bond donors (Lipinski definition) is 2. The molecular formula is C15H17NO5. The molecule has 1 aromatic rings. The van der Waals surface area contributed by atoms with Gasteiger partial charge in [-0.15, -0.1) is 0 Å². The minimum atomic E-state index is -1.40. The van der Waals surface area contributed by atoms with Gasteiger partial charge in [-0.1, -0.05) is 30.3 Å². The quantitative estimate of drug-likeness (QED) is 0.820. The van der Waals surface area contributed by atoms with Crippen LogP contribution in [-0.2, 0) is 16.0 Å². The summed E-state index contributed by atoms with van der Waals surface area (Å²) in [6, 6.07) is 8.97. The zero-order chi connectivity index (χ0) is 15.5. The first-order valence-electron chi connectivity index (χ1n) is 6.70. The van der Waals surface area contributed by atoms with E-state index in [2.05, 4.69) is 0 Å². The topological polar surface area (TPSA) is 94.9 Å². The fraction of sp³-hybridized carbons (Fsp3) is 0.400. The van der Waals surface area contributed by atoms with E-state index in [4.69, 9.17) is 5.11 Å². The summed E-state index contributed by atoms with van der Waals surface area (Å²) >= 11 is 0. The molecule has 1 aromatic carbocycles. The molecule has 6 nitrogen and oxygen atoms in total. The maximum absolute atomic E-state index is 11.8. The van der Waals surface area contributed by atoms with Crippen molar-refractivity contribution >= 4 is 18.3 Å². The molecule has 2 rings (SSSR count). The Bertz CT molecular complexity index is 544. The van der Waals surface area contributed by atoms with Crippen molar-refractivity contribution in [2.45, 2.75) is 12.8 Å². The molecule has 0 saturated carbocycles. The number of hydrogen-bond acceptors (Lipinski definition) is 3. The summed E-state index contributed by atoms with van der Waals surface area (Å²) in [7, 11) is 0. The lowest BCUT2D eigenvalue weighted by molar-refractivity contribution is -0.158. The number of piperidine rings is 1. The highest BCUT2D eigenvalue weighted by Gasteiger charge is 2.50. The van der Waals surface area contributed by atoms with E-state index in [-0.39, 0.29) is 25.9 Å². The largest absolute Gasteiger partial charge is 0.481 e. The van der Waals surface area contributed by atoms with E-state index in [9.17, 15) is 19.5 Å². The molecule has 1 aliphatic heterocycles. The zero-order valence-corrected chi connectivity index (χ0v) is 11.4. The predicted octanol–water partition coefficient (Wildman–Crippen LogP) is 1.50. The highest BCUT2D eigenvalue weighted by atomic mass is 16.4. The molecule has 2 unspecified atom stereocenters. The second-order valence-electron chi connectivity index (χ2n) is 5.36. The highest BCUT2D eigenvalue weighted by molar-refractivity contribution is 5.81. The van der Waals surface area contributed by atoms with Gasteiger partial charge in [-0.25, -0.2) is 4.79 Å².